The second kappa shape index (κ2) is 5.92. The molecule has 1 aliphatic rings. The van der Waals surface area contributed by atoms with Gasteiger partial charge in [-0.3, -0.25) is 9.59 Å². The van der Waals surface area contributed by atoms with Gasteiger partial charge in [-0.15, -0.1) is 0 Å². The first-order valence-electron chi connectivity index (χ1n) is 6.59. The molecule has 0 aromatic heterocycles. The standard InChI is InChI=1S/C14H19N3O3/c1-8-2-3-12(20-8)7-17-11-5-9(13(15)18)4-10(6-11)14(16)19/h4-6,8,12,17H,2-3,7H2,1H3,(H2,15,18)(H2,16,19). The number of nitrogens with one attached hydrogen (secondary N) is 1. The van der Waals surface area contributed by atoms with Crippen LogP contribution in [0.1, 0.15) is 40.5 Å². The van der Waals surface area contributed by atoms with E-state index in [-0.39, 0.29) is 23.3 Å². The van der Waals surface area contributed by atoms with Crippen molar-refractivity contribution in [2.24, 2.45) is 11.5 Å². The Labute approximate surface area is 117 Å². The van der Waals surface area contributed by atoms with Crippen molar-refractivity contribution < 1.29 is 14.3 Å². The molecule has 2 unspecified atom stereocenters. The highest BCUT2D eigenvalue weighted by Gasteiger charge is 2.21. The van der Waals surface area contributed by atoms with Gasteiger partial charge in [0.15, 0.2) is 0 Å². The zero-order valence-electron chi connectivity index (χ0n) is 11.4. The Morgan fingerprint density at radius 3 is 2.25 bits per heavy atom. The molecule has 0 aliphatic carbocycles. The maximum absolute atomic E-state index is 11.2. The first-order valence-corrected chi connectivity index (χ1v) is 6.59. The minimum Gasteiger partial charge on any atom is -0.382 e. The average Bonchev–Trinajstić information content (AvgIpc) is 2.81. The molecule has 0 radical (unpaired) electrons. The van der Waals surface area contributed by atoms with Crippen LogP contribution in [0.3, 0.4) is 0 Å². The largest absolute Gasteiger partial charge is 0.382 e. The van der Waals surface area contributed by atoms with Gasteiger partial charge in [0.1, 0.15) is 0 Å². The van der Waals surface area contributed by atoms with E-state index in [4.69, 9.17) is 16.2 Å². The molecule has 1 saturated heterocycles. The number of hydrogen-bond acceptors (Lipinski definition) is 4. The molecule has 2 atom stereocenters. The maximum Gasteiger partial charge on any atom is 0.248 e. The summed E-state index contributed by atoms with van der Waals surface area (Å²) < 4.78 is 5.69. The van der Waals surface area contributed by atoms with Crippen LogP contribution >= 0.6 is 0 Å². The lowest BCUT2D eigenvalue weighted by atomic mass is 10.1. The number of carbonyl (C=O) groups is 2. The fraction of sp³-hybridized carbons (Fsp3) is 0.429. The van der Waals surface area contributed by atoms with E-state index in [9.17, 15) is 9.59 Å². The highest BCUT2D eigenvalue weighted by Crippen LogP contribution is 2.20. The Hall–Kier alpha value is -2.08. The van der Waals surface area contributed by atoms with Crippen LogP contribution in [0.4, 0.5) is 5.69 Å². The number of rotatable bonds is 5. The number of carbonyl (C=O) groups excluding carboxylic acids is 2. The first kappa shape index (κ1) is 14.3. The Bertz CT molecular complexity index is 498. The monoisotopic (exact) mass is 277 g/mol. The van der Waals surface area contributed by atoms with Crippen LogP contribution in [0, 0.1) is 0 Å². The van der Waals surface area contributed by atoms with Gasteiger partial charge in [-0.05, 0) is 38.0 Å². The fourth-order valence-corrected chi connectivity index (χ4v) is 2.28. The molecule has 1 aromatic carbocycles. The lowest BCUT2D eigenvalue weighted by Gasteiger charge is -2.14. The molecule has 108 valence electrons. The molecular formula is C14H19N3O3. The van der Waals surface area contributed by atoms with E-state index in [2.05, 4.69) is 5.32 Å². The summed E-state index contributed by atoms with van der Waals surface area (Å²) in [6, 6.07) is 4.60. The van der Waals surface area contributed by atoms with Gasteiger partial charge >= 0.3 is 0 Å². The van der Waals surface area contributed by atoms with E-state index >= 15 is 0 Å². The number of anilines is 1. The molecule has 2 amide bonds. The van der Waals surface area contributed by atoms with Gasteiger partial charge in [0, 0.05) is 23.4 Å². The number of benzene rings is 1. The van der Waals surface area contributed by atoms with E-state index in [1.807, 2.05) is 6.92 Å². The van der Waals surface area contributed by atoms with Crippen molar-refractivity contribution in [3.8, 4) is 0 Å². The molecule has 6 heteroatoms. The zero-order valence-corrected chi connectivity index (χ0v) is 11.4. The van der Waals surface area contributed by atoms with Crippen LogP contribution in [-0.4, -0.2) is 30.6 Å². The minimum atomic E-state index is -0.595. The van der Waals surface area contributed by atoms with Gasteiger partial charge in [-0.1, -0.05) is 0 Å². The molecule has 0 bridgehead atoms. The number of hydrogen-bond donors (Lipinski definition) is 3. The van der Waals surface area contributed by atoms with E-state index in [0.717, 1.165) is 12.8 Å². The lowest BCUT2D eigenvalue weighted by Crippen LogP contribution is -2.21. The highest BCUT2D eigenvalue weighted by molar-refractivity contribution is 5.99. The Kier molecular flexibility index (Phi) is 4.24. The Morgan fingerprint density at radius 1 is 1.20 bits per heavy atom. The minimum absolute atomic E-state index is 0.138. The smallest absolute Gasteiger partial charge is 0.248 e. The summed E-state index contributed by atoms with van der Waals surface area (Å²) in [4.78, 5) is 22.5. The van der Waals surface area contributed by atoms with Crippen LogP contribution < -0.4 is 16.8 Å². The normalized spacial score (nSPS) is 21.6. The van der Waals surface area contributed by atoms with E-state index in [1.54, 1.807) is 12.1 Å². The average molecular weight is 277 g/mol. The van der Waals surface area contributed by atoms with Crippen molar-refractivity contribution in [2.75, 3.05) is 11.9 Å². The van der Waals surface area contributed by atoms with Crippen molar-refractivity contribution in [1.82, 2.24) is 0 Å². The number of amides is 2. The molecular weight excluding hydrogens is 258 g/mol. The zero-order chi connectivity index (χ0) is 14.7. The molecule has 1 aromatic rings. The predicted octanol–water partition coefficient (Wildman–Crippen LogP) is 0.864. The predicted molar refractivity (Wildman–Crippen MR) is 75.5 cm³/mol. The molecule has 1 aliphatic heterocycles. The highest BCUT2D eigenvalue weighted by atomic mass is 16.5. The Balaban J connectivity index is 2.10. The second-order valence-corrected chi connectivity index (χ2v) is 5.05. The third-order valence-corrected chi connectivity index (χ3v) is 3.36. The Morgan fingerprint density at radius 2 is 1.80 bits per heavy atom. The first-order chi connectivity index (χ1) is 9.45. The number of ether oxygens (including phenoxy) is 1. The van der Waals surface area contributed by atoms with Gasteiger partial charge in [0.05, 0.1) is 12.2 Å². The van der Waals surface area contributed by atoms with Crippen molar-refractivity contribution in [3.05, 3.63) is 29.3 Å². The summed E-state index contributed by atoms with van der Waals surface area (Å²) in [6.07, 6.45) is 2.45. The van der Waals surface area contributed by atoms with Crippen molar-refractivity contribution in [3.63, 3.8) is 0 Å². The van der Waals surface area contributed by atoms with E-state index < -0.39 is 11.8 Å². The second-order valence-electron chi connectivity index (χ2n) is 5.05. The van der Waals surface area contributed by atoms with Crippen molar-refractivity contribution in [2.45, 2.75) is 32.0 Å². The quantitative estimate of drug-likeness (QED) is 0.742. The van der Waals surface area contributed by atoms with Crippen LogP contribution in [0.2, 0.25) is 0 Å². The number of nitrogens with two attached hydrogens (primary N) is 2. The van der Waals surface area contributed by atoms with Crippen molar-refractivity contribution >= 4 is 17.5 Å². The molecule has 2 rings (SSSR count). The van der Waals surface area contributed by atoms with Crippen molar-refractivity contribution in [1.29, 1.82) is 0 Å². The summed E-state index contributed by atoms with van der Waals surface area (Å²) in [5.41, 5.74) is 11.6. The molecule has 5 N–H and O–H groups in total. The third kappa shape index (κ3) is 3.48. The van der Waals surface area contributed by atoms with Gasteiger partial charge in [0.25, 0.3) is 0 Å². The van der Waals surface area contributed by atoms with Crippen LogP contribution in [0.25, 0.3) is 0 Å². The summed E-state index contributed by atoms with van der Waals surface area (Å²) in [5.74, 6) is -1.19. The molecule has 20 heavy (non-hydrogen) atoms. The third-order valence-electron chi connectivity index (χ3n) is 3.36. The van der Waals surface area contributed by atoms with Crippen LogP contribution in [0.15, 0.2) is 18.2 Å². The van der Waals surface area contributed by atoms with Gasteiger partial charge < -0.3 is 21.5 Å². The molecule has 0 saturated carbocycles. The molecule has 1 fully saturated rings. The van der Waals surface area contributed by atoms with Gasteiger partial charge in [0.2, 0.25) is 11.8 Å². The summed E-state index contributed by atoms with van der Waals surface area (Å²) in [7, 11) is 0. The summed E-state index contributed by atoms with van der Waals surface area (Å²) in [6.45, 7) is 2.66. The van der Waals surface area contributed by atoms with Crippen LogP contribution in [-0.2, 0) is 4.74 Å². The lowest BCUT2D eigenvalue weighted by molar-refractivity contribution is 0.0637. The van der Waals surface area contributed by atoms with Crippen LogP contribution in [0.5, 0.6) is 0 Å². The number of primary amides is 2. The van der Waals surface area contributed by atoms with E-state index in [1.165, 1.54) is 6.07 Å². The topological polar surface area (TPSA) is 107 Å². The molecule has 1 heterocycles. The SMILES string of the molecule is CC1CCC(CNc2cc(C(N)=O)cc(C(N)=O)c2)O1. The summed E-state index contributed by atoms with van der Waals surface area (Å²) >= 11 is 0. The van der Waals surface area contributed by atoms with Gasteiger partial charge in [-0.25, -0.2) is 0 Å². The fourth-order valence-electron chi connectivity index (χ4n) is 2.28. The molecule has 0 spiro atoms. The molecule has 6 nitrogen and oxygen atoms in total. The van der Waals surface area contributed by atoms with E-state index in [0.29, 0.717) is 12.2 Å². The maximum atomic E-state index is 11.2. The summed E-state index contributed by atoms with van der Waals surface area (Å²) in [5, 5.41) is 3.16. The van der Waals surface area contributed by atoms with Gasteiger partial charge in [-0.2, -0.15) is 0 Å².